The van der Waals surface area contributed by atoms with E-state index in [1.807, 2.05) is 0 Å². The molecule has 0 unspecified atom stereocenters. The Morgan fingerprint density at radius 1 is 1.39 bits per heavy atom. The van der Waals surface area contributed by atoms with Crippen molar-refractivity contribution in [2.24, 2.45) is 5.92 Å². The fourth-order valence-corrected chi connectivity index (χ4v) is 4.37. The summed E-state index contributed by atoms with van der Waals surface area (Å²) in [4.78, 5) is 25.2. The minimum Gasteiger partial charge on any atom is -0.353 e. The van der Waals surface area contributed by atoms with E-state index in [4.69, 9.17) is 0 Å². The first-order chi connectivity index (χ1) is 11.2. The van der Waals surface area contributed by atoms with Gasteiger partial charge in [-0.15, -0.1) is 0 Å². The second-order valence-electron chi connectivity index (χ2n) is 7.03. The summed E-state index contributed by atoms with van der Waals surface area (Å²) < 4.78 is 0. The van der Waals surface area contributed by atoms with E-state index in [2.05, 4.69) is 34.9 Å². The number of urea groups is 1. The van der Waals surface area contributed by atoms with Gasteiger partial charge >= 0.3 is 6.03 Å². The second-order valence-corrected chi connectivity index (χ2v) is 7.03. The largest absolute Gasteiger partial charge is 0.353 e. The normalized spacial score (nSPS) is 29.0. The minimum atomic E-state index is -0.106. The van der Waals surface area contributed by atoms with Gasteiger partial charge in [0.25, 0.3) is 0 Å². The van der Waals surface area contributed by atoms with E-state index < -0.39 is 0 Å². The first-order valence-corrected chi connectivity index (χ1v) is 8.57. The van der Waals surface area contributed by atoms with Gasteiger partial charge in [0.15, 0.2) is 0 Å². The molecule has 1 saturated carbocycles. The van der Waals surface area contributed by atoms with Crippen LogP contribution in [0.15, 0.2) is 24.3 Å². The zero-order chi connectivity index (χ0) is 15.9. The maximum Gasteiger partial charge on any atom is 0.317 e. The van der Waals surface area contributed by atoms with E-state index in [1.54, 1.807) is 4.90 Å². The monoisotopic (exact) mass is 313 g/mol. The van der Waals surface area contributed by atoms with E-state index in [1.165, 1.54) is 36.8 Å². The van der Waals surface area contributed by atoms with Crippen LogP contribution in [-0.4, -0.2) is 43.0 Å². The number of rotatable bonds is 2. The molecule has 1 heterocycles. The first-order valence-electron chi connectivity index (χ1n) is 8.57. The molecule has 2 aliphatic carbocycles. The van der Waals surface area contributed by atoms with Crippen LogP contribution in [0, 0.1) is 5.92 Å². The molecule has 1 aliphatic heterocycles. The van der Waals surface area contributed by atoms with Crippen molar-refractivity contribution in [3.63, 3.8) is 0 Å². The molecule has 0 aromatic heterocycles. The Morgan fingerprint density at radius 3 is 3.13 bits per heavy atom. The summed E-state index contributed by atoms with van der Waals surface area (Å²) in [5.41, 5.74) is 3.28. The Morgan fingerprint density at radius 2 is 2.26 bits per heavy atom. The van der Waals surface area contributed by atoms with Crippen LogP contribution >= 0.6 is 0 Å². The quantitative estimate of drug-likeness (QED) is 0.867. The molecule has 2 N–H and O–H groups in total. The fraction of sp³-hybridized carbons (Fsp3) is 0.556. The van der Waals surface area contributed by atoms with Crippen LogP contribution in [0.3, 0.4) is 0 Å². The van der Waals surface area contributed by atoms with E-state index in [-0.39, 0.29) is 18.5 Å². The molecule has 122 valence electrons. The number of hydrogen-bond acceptors (Lipinski definition) is 2. The molecule has 1 saturated heterocycles. The van der Waals surface area contributed by atoms with Crippen LogP contribution < -0.4 is 10.6 Å². The summed E-state index contributed by atoms with van der Waals surface area (Å²) in [7, 11) is 0. The highest BCUT2D eigenvalue weighted by molar-refractivity contribution is 5.85. The van der Waals surface area contributed by atoms with Gasteiger partial charge in [0.05, 0.1) is 0 Å². The molecule has 5 heteroatoms. The van der Waals surface area contributed by atoms with E-state index in [0.29, 0.717) is 31.0 Å². The number of carbonyl (C=O) groups is 2. The Labute approximate surface area is 136 Å². The number of nitrogens with one attached hydrogen (secondary N) is 2. The lowest BCUT2D eigenvalue weighted by Gasteiger charge is -2.28. The molecule has 1 spiro atoms. The van der Waals surface area contributed by atoms with Gasteiger partial charge < -0.3 is 15.5 Å². The molecule has 23 heavy (non-hydrogen) atoms. The summed E-state index contributed by atoms with van der Waals surface area (Å²) in [5, 5.41) is 5.79. The Hall–Kier alpha value is -2.04. The third-order valence-corrected chi connectivity index (χ3v) is 5.68. The Balaban J connectivity index is 1.37. The highest BCUT2D eigenvalue weighted by Gasteiger charge is 2.56. The van der Waals surface area contributed by atoms with E-state index in [9.17, 15) is 9.59 Å². The van der Waals surface area contributed by atoms with Crippen molar-refractivity contribution in [1.29, 1.82) is 0 Å². The molecule has 3 aliphatic rings. The molecule has 2 fully saturated rings. The Bertz CT molecular complexity index is 645. The van der Waals surface area contributed by atoms with Crippen LogP contribution in [-0.2, 0) is 16.6 Å². The average molecular weight is 313 g/mol. The summed E-state index contributed by atoms with van der Waals surface area (Å²) >= 11 is 0. The van der Waals surface area contributed by atoms with Gasteiger partial charge in [-0.2, -0.15) is 0 Å². The predicted octanol–water partition coefficient (Wildman–Crippen LogP) is 1.42. The number of amides is 3. The number of piperazine rings is 1. The van der Waals surface area contributed by atoms with Crippen LogP contribution in [0.25, 0.3) is 0 Å². The molecule has 4 rings (SSSR count). The lowest BCUT2D eigenvalue weighted by molar-refractivity contribution is -0.123. The molecule has 5 nitrogen and oxygen atoms in total. The van der Waals surface area contributed by atoms with Crippen molar-refractivity contribution in [1.82, 2.24) is 15.5 Å². The second kappa shape index (κ2) is 5.55. The summed E-state index contributed by atoms with van der Waals surface area (Å²) in [6, 6.07) is 8.66. The summed E-state index contributed by atoms with van der Waals surface area (Å²) in [5.74, 6) is 0.460. The van der Waals surface area contributed by atoms with Gasteiger partial charge in [0.2, 0.25) is 5.91 Å². The third-order valence-electron chi connectivity index (χ3n) is 5.68. The molecule has 0 radical (unpaired) electrons. The van der Waals surface area contributed by atoms with Crippen LogP contribution in [0.1, 0.15) is 30.4 Å². The fourth-order valence-electron chi connectivity index (χ4n) is 4.37. The number of carbonyl (C=O) groups excluding carboxylic acids is 2. The lowest BCUT2D eigenvalue weighted by Crippen LogP contribution is -2.53. The highest BCUT2D eigenvalue weighted by Crippen LogP contribution is 2.59. The van der Waals surface area contributed by atoms with Crippen LogP contribution in [0.4, 0.5) is 4.79 Å². The van der Waals surface area contributed by atoms with Crippen molar-refractivity contribution >= 4 is 11.9 Å². The zero-order valence-corrected chi connectivity index (χ0v) is 13.3. The van der Waals surface area contributed by atoms with Gasteiger partial charge in [0.1, 0.15) is 6.54 Å². The average Bonchev–Trinajstić information content (AvgIpc) is 3.26. The lowest BCUT2D eigenvalue weighted by atomic mass is 9.78. The van der Waals surface area contributed by atoms with Gasteiger partial charge in [-0.3, -0.25) is 4.79 Å². The molecule has 0 bridgehead atoms. The number of benzene rings is 1. The number of nitrogens with zero attached hydrogens (tertiary/aromatic N) is 1. The SMILES string of the molecule is O=C1CN(C(=O)NC[C@@H]2C[C@]23CCCc2ccccc23)CCN1. The summed E-state index contributed by atoms with van der Waals surface area (Å²) in [6.07, 6.45) is 4.83. The molecule has 1 aromatic carbocycles. The van der Waals surface area contributed by atoms with Crippen LogP contribution in [0.5, 0.6) is 0 Å². The summed E-state index contributed by atoms with van der Waals surface area (Å²) in [6.45, 7) is 2.03. The topological polar surface area (TPSA) is 61.4 Å². The molecule has 2 atom stereocenters. The number of fused-ring (bicyclic) bond motifs is 2. The molecular formula is C18H23N3O2. The van der Waals surface area contributed by atoms with Gasteiger partial charge in [-0.1, -0.05) is 24.3 Å². The number of hydrogen-bond donors (Lipinski definition) is 2. The van der Waals surface area contributed by atoms with Crippen molar-refractivity contribution in [3.05, 3.63) is 35.4 Å². The van der Waals surface area contributed by atoms with E-state index >= 15 is 0 Å². The van der Waals surface area contributed by atoms with Crippen molar-refractivity contribution in [2.45, 2.75) is 31.1 Å². The third kappa shape index (κ3) is 2.58. The zero-order valence-electron chi connectivity index (χ0n) is 13.3. The maximum atomic E-state index is 12.2. The van der Waals surface area contributed by atoms with Gasteiger partial charge in [-0.25, -0.2) is 4.79 Å². The molecule has 3 amide bonds. The molecule has 1 aromatic rings. The first kappa shape index (κ1) is 14.5. The van der Waals surface area contributed by atoms with Crippen molar-refractivity contribution in [2.75, 3.05) is 26.2 Å². The smallest absolute Gasteiger partial charge is 0.317 e. The Kier molecular flexibility index (Phi) is 3.51. The van der Waals surface area contributed by atoms with Gasteiger partial charge in [-0.05, 0) is 42.7 Å². The molecular weight excluding hydrogens is 290 g/mol. The standard InChI is InChI=1S/C18H23N3O2/c22-16-12-21(9-8-19-16)17(23)20-11-14-10-18(14)7-3-5-13-4-1-2-6-15(13)18/h1-2,4,6,14H,3,5,7-12H2,(H,19,22)(H,20,23)/t14-,18+/m0/s1. The van der Waals surface area contributed by atoms with Crippen molar-refractivity contribution < 1.29 is 9.59 Å². The highest BCUT2D eigenvalue weighted by atomic mass is 16.2. The maximum absolute atomic E-state index is 12.2. The van der Waals surface area contributed by atoms with Crippen LogP contribution in [0.2, 0.25) is 0 Å². The van der Waals surface area contributed by atoms with E-state index in [0.717, 1.165) is 0 Å². The predicted molar refractivity (Wildman–Crippen MR) is 87.1 cm³/mol. The van der Waals surface area contributed by atoms with Gasteiger partial charge in [0, 0.05) is 25.0 Å². The van der Waals surface area contributed by atoms with Crippen molar-refractivity contribution in [3.8, 4) is 0 Å². The number of aryl methyl sites for hydroxylation is 1. The minimum absolute atomic E-state index is 0.0736.